The first-order valence-electron chi connectivity index (χ1n) is 10.1. The van der Waals surface area contributed by atoms with Crippen LogP contribution in [0, 0.1) is 6.92 Å². The van der Waals surface area contributed by atoms with Crippen molar-refractivity contribution in [1.82, 2.24) is 35.1 Å². The van der Waals surface area contributed by atoms with Crippen LogP contribution in [0.2, 0.25) is 0 Å². The van der Waals surface area contributed by atoms with Crippen LogP contribution in [-0.4, -0.2) is 42.4 Å². The van der Waals surface area contributed by atoms with Crippen LogP contribution in [-0.2, 0) is 20.6 Å². The molecule has 0 spiro atoms. The molecule has 1 aliphatic heterocycles. The zero-order valence-corrected chi connectivity index (χ0v) is 17.6. The summed E-state index contributed by atoms with van der Waals surface area (Å²) in [6.07, 6.45) is 6.03. The lowest BCUT2D eigenvalue weighted by Gasteiger charge is -2.16. The molecule has 3 aromatic heterocycles. The zero-order valence-electron chi connectivity index (χ0n) is 17.6. The fourth-order valence-corrected chi connectivity index (χ4v) is 3.92. The molecule has 1 aliphatic rings. The monoisotopic (exact) mass is 403 g/mol. The summed E-state index contributed by atoms with van der Waals surface area (Å²) in [4.78, 5) is 0. The van der Waals surface area contributed by atoms with Crippen LogP contribution in [0.3, 0.4) is 0 Å². The molecule has 0 amide bonds. The van der Waals surface area contributed by atoms with Gasteiger partial charge in [0.1, 0.15) is 6.10 Å². The summed E-state index contributed by atoms with van der Waals surface area (Å²) >= 11 is 0. The summed E-state index contributed by atoms with van der Waals surface area (Å²) in [5.74, 6) is 0.758. The number of hydrogen-bond acceptors (Lipinski definition) is 5. The highest BCUT2D eigenvalue weighted by atomic mass is 16.5. The van der Waals surface area contributed by atoms with E-state index in [-0.39, 0.29) is 6.10 Å². The number of benzene rings is 1. The van der Waals surface area contributed by atoms with Crippen LogP contribution >= 0.6 is 0 Å². The number of nitrogens with one attached hydrogen (secondary N) is 2. The minimum absolute atomic E-state index is 0.0266. The fourth-order valence-electron chi connectivity index (χ4n) is 3.92. The van der Waals surface area contributed by atoms with Crippen LogP contribution in [0.5, 0.6) is 5.88 Å². The molecule has 2 bridgehead atoms. The van der Waals surface area contributed by atoms with Gasteiger partial charge in [-0.1, -0.05) is 6.07 Å². The van der Waals surface area contributed by atoms with Crippen molar-refractivity contribution < 1.29 is 4.74 Å². The number of H-pyrrole nitrogens is 1. The number of nitrogens with zero attached hydrogens (tertiary/aromatic N) is 5. The van der Waals surface area contributed by atoms with E-state index in [0.717, 1.165) is 50.6 Å². The van der Waals surface area contributed by atoms with Gasteiger partial charge in [-0.3, -0.25) is 9.78 Å². The first-order chi connectivity index (χ1) is 14.5. The molecule has 8 nitrogen and oxygen atoms in total. The third kappa shape index (κ3) is 3.09. The van der Waals surface area contributed by atoms with Crippen LogP contribution < -0.4 is 10.1 Å². The van der Waals surface area contributed by atoms with Gasteiger partial charge in [-0.05, 0) is 43.7 Å². The maximum absolute atomic E-state index is 6.28. The Labute approximate surface area is 174 Å². The SMILES string of the molecule is Cc1c2c(nn1C)CNC[C@H](C)Oc1c(cnn1C)-c1ccc3n[nH]c(c3c1)C=C2. The van der Waals surface area contributed by atoms with Gasteiger partial charge in [0, 0.05) is 43.8 Å². The molecule has 4 heterocycles. The van der Waals surface area contributed by atoms with Crippen molar-refractivity contribution in [1.29, 1.82) is 0 Å². The lowest BCUT2D eigenvalue weighted by molar-refractivity contribution is 0.199. The van der Waals surface area contributed by atoms with E-state index in [0.29, 0.717) is 13.1 Å². The lowest BCUT2D eigenvalue weighted by atomic mass is 10.0. The first kappa shape index (κ1) is 18.6. The minimum Gasteiger partial charge on any atom is -0.473 e. The van der Waals surface area contributed by atoms with E-state index in [4.69, 9.17) is 4.74 Å². The Morgan fingerprint density at radius 3 is 2.90 bits per heavy atom. The van der Waals surface area contributed by atoms with Gasteiger partial charge in [0.2, 0.25) is 5.88 Å². The molecular formula is C22H25N7O. The van der Waals surface area contributed by atoms with Crippen LogP contribution in [0.25, 0.3) is 34.2 Å². The van der Waals surface area contributed by atoms with Gasteiger partial charge < -0.3 is 10.1 Å². The smallest absolute Gasteiger partial charge is 0.219 e. The second-order valence-electron chi connectivity index (χ2n) is 7.82. The number of ether oxygens (including phenoxy) is 1. The van der Waals surface area contributed by atoms with Crippen molar-refractivity contribution in [2.45, 2.75) is 26.5 Å². The molecule has 0 unspecified atom stereocenters. The number of rotatable bonds is 0. The zero-order chi connectivity index (χ0) is 20.8. The van der Waals surface area contributed by atoms with Gasteiger partial charge in [0.15, 0.2) is 0 Å². The van der Waals surface area contributed by atoms with Crippen molar-refractivity contribution in [2.75, 3.05) is 6.54 Å². The van der Waals surface area contributed by atoms with E-state index >= 15 is 0 Å². The largest absolute Gasteiger partial charge is 0.473 e. The van der Waals surface area contributed by atoms with Crippen LogP contribution in [0.4, 0.5) is 0 Å². The summed E-state index contributed by atoms with van der Waals surface area (Å²) in [5.41, 5.74) is 7.17. The van der Waals surface area contributed by atoms with Crippen molar-refractivity contribution in [3.05, 3.63) is 47.0 Å². The van der Waals surface area contributed by atoms with Gasteiger partial charge in [-0.15, -0.1) is 0 Å². The molecule has 1 atom stereocenters. The number of aromatic amines is 1. The lowest BCUT2D eigenvalue weighted by Crippen LogP contribution is -2.29. The average Bonchev–Trinajstić information content (AvgIpc) is 3.37. The number of aromatic nitrogens is 6. The van der Waals surface area contributed by atoms with Crippen molar-refractivity contribution in [2.24, 2.45) is 14.1 Å². The fraction of sp³-hybridized carbons (Fsp3) is 0.318. The van der Waals surface area contributed by atoms with E-state index in [1.54, 1.807) is 4.68 Å². The number of aryl methyl sites for hydroxylation is 2. The molecule has 30 heavy (non-hydrogen) atoms. The highest BCUT2D eigenvalue weighted by Crippen LogP contribution is 2.33. The summed E-state index contributed by atoms with van der Waals surface area (Å²) < 4.78 is 9.98. The molecule has 0 fully saturated rings. The first-order valence-corrected chi connectivity index (χ1v) is 10.1. The van der Waals surface area contributed by atoms with E-state index in [1.807, 2.05) is 31.0 Å². The molecular weight excluding hydrogens is 378 g/mol. The quantitative estimate of drug-likeness (QED) is 0.471. The van der Waals surface area contributed by atoms with Gasteiger partial charge in [-0.2, -0.15) is 15.3 Å². The Morgan fingerprint density at radius 2 is 2.03 bits per heavy atom. The molecule has 8 heteroatoms. The molecule has 1 aromatic carbocycles. The van der Waals surface area contributed by atoms with Gasteiger partial charge in [0.05, 0.1) is 28.7 Å². The van der Waals surface area contributed by atoms with E-state index in [1.165, 1.54) is 0 Å². The molecule has 0 radical (unpaired) electrons. The highest BCUT2D eigenvalue weighted by molar-refractivity contribution is 5.93. The van der Waals surface area contributed by atoms with Gasteiger partial charge in [-0.25, -0.2) is 4.68 Å². The molecule has 4 aromatic rings. The summed E-state index contributed by atoms with van der Waals surface area (Å²) in [5, 5.41) is 21.3. The number of hydrogen-bond donors (Lipinski definition) is 2. The number of fused-ring (bicyclic) bond motifs is 4. The third-order valence-corrected chi connectivity index (χ3v) is 5.69. The van der Waals surface area contributed by atoms with Crippen molar-refractivity contribution >= 4 is 23.1 Å². The molecule has 0 saturated carbocycles. The average molecular weight is 403 g/mol. The van der Waals surface area contributed by atoms with Crippen molar-refractivity contribution in [3.8, 4) is 17.0 Å². The molecule has 154 valence electrons. The van der Waals surface area contributed by atoms with E-state index < -0.39 is 0 Å². The molecule has 2 N–H and O–H groups in total. The van der Waals surface area contributed by atoms with Gasteiger partial charge in [0.25, 0.3) is 0 Å². The topological polar surface area (TPSA) is 85.6 Å². The summed E-state index contributed by atoms with van der Waals surface area (Å²) in [7, 11) is 3.88. The second-order valence-corrected chi connectivity index (χ2v) is 7.82. The Morgan fingerprint density at radius 1 is 1.17 bits per heavy atom. The van der Waals surface area contributed by atoms with E-state index in [2.05, 4.69) is 63.8 Å². The predicted octanol–water partition coefficient (Wildman–Crippen LogP) is 3.05. The molecule has 5 rings (SSSR count). The molecule has 0 aliphatic carbocycles. The Balaban J connectivity index is 1.68. The van der Waals surface area contributed by atoms with E-state index in [9.17, 15) is 0 Å². The predicted molar refractivity (Wildman–Crippen MR) is 117 cm³/mol. The Bertz CT molecular complexity index is 1260. The minimum atomic E-state index is -0.0266. The summed E-state index contributed by atoms with van der Waals surface area (Å²) in [6.45, 7) is 5.51. The Kier molecular flexibility index (Phi) is 4.43. The standard InChI is InChI=1S/C22H25N7O/c1-13-10-23-12-21-16(14(2)28(3)27-21)6-8-20-17-9-15(5-7-19(17)25-26-20)18-11-24-29(4)22(18)30-13/h5-9,11,13,23H,10,12H2,1-4H3,(H,25,26)/t13-/m0/s1. The third-order valence-electron chi connectivity index (χ3n) is 5.69. The summed E-state index contributed by atoms with van der Waals surface area (Å²) in [6, 6.07) is 6.23. The highest BCUT2D eigenvalue weighted by Gasteiger charge is 2.18. The normalized spacial score (nSPS) is 16.7. The second kappa shape index (κ2) is 7.14. The Hall–Kier alpha value is -3.39. The van der Waals surface area contributed by atoms with Crippen LogP contribution in [0.1, 0.15) is 29.6 Å². The molecule has 0 saturated heterocycles. The maximum Gasteiger partial charge on any atom is 0.219 e. The van der Waals surface area contributed by atoms with Crippen LogP contribution in [0.15, 0.2) is 24.4 Å². The van der Waals surface area contributed by atoms with Gasteiger partial charge >= 0.3 is 0 Å². The van der Waals surface area contributed by atoms with Crippen molar-refractivity contribution in [3.63, 3.8) is 0 Å². The maximum atomic E-state index is 6.28.